The van der Waals surface area contributed by atoms with Crippen LogP contribution in [-0.4, -0.2) is 25.5 Å². The Morgan fingerprint density at radius 3 is 2.60 bits per heavy atom. The van der Waals surface area contributed by atoms with Gasteiger partial charge in [-0.25, -0.2) is 8.42 Å². The number of rotatable bonds is 7. The Kier molecular flexibility index (Phi) is 6.16. The van der Waals surface area contributed by atoms with Gasteiger partial charge in [-0.2, -0.15) is 4.72 Å². The third-order valence-corrected chi connectivity index (χ3v) is 5.24. The van der Waals surface area contributed by atoms with Gasteiger partial charge in [-0.05, 0) is 37.1 Å². The van der Waals surface area contributed by atoms with Crippen LogP contribution >= 0.6 is 15.9 Å². The minimum absolute atomic E-state index is 0.0703. The van der Waals surface area contributed by atoms with Gasteiger partial charge in [0.2, 0.25) is 10.0 Å². The molecule has 0 aliphatic carbocycles. The molecule has 5 nitrogen and oxygen atoms in total. The van der Waals surface area contributed by atoms with Crippen molar-refractivity contribution in [1.29, 1.82) is 0 Å². The van der Waals surface area contributed by atoms with Gasteiger partial charge < -0.3 is 5.11 Å². The first-order valence-electron chi connectivity index (χ1n) is 6.29. The SMILES string of the molecule is CCCCC(NS(=O)(=O)c1ccc(Br)c(C)c1)C(=O)O. The number of unbranched alkanes of at least 4 members (excludes halogenated alkanes) is 1. The van der Waals surface area contributed by atoms with Crippen molar-refractivity contribution in [2.45, 2.75) is 44.0 Å². The number of carbonyl (C=O) groups is 1. The molecule has 1 rings (SSSR count). The molecule has 0 aliphatic rings. The standard InChI is InChI=1S/C13H18BrNO4S/c1-3-4-5-12(13(16)17)15-20(18,19)10-6-7-11(14)9(2)8-10/h6-8,12,15H,3-5H2,1-2H3,(H,16,17). The molecule has 0 spiro atoms. The fourth-order valence-electron chi connectivity index (χ4n) is 1.68. The zero-order valence-electron chi connectivity index (χ0n) is 11.4. The Morgan fingerprint density at radius 2 is 2.10 bits per heavy atom. The van der Waals surface area contributed by atoms with E-state index in [-0.39, 0.29) is 11.3 Å². The topological polar surface area (TPSA) is 83.5 Å². The molecule has 2 N–H and O–H groups in total. The van der Waals surface area contributed by atoms with Crippen LogP contribution in [0.25, 0.3) is 0 Å². The molecule has 0 fully saturated rings. The van der Waals surface area contributed by atoms with Crippen LogP contribution in [0, 0.1) is 6.92 Å². The second kappa shape index (κ2) is 7.19. The van der Waals surface area contributed by atoms with Crippen molar-refractivity contribution in [3.63, 3.8) is 0 Å². The molecule has 7 heteroatoms. The molecule has 0 aromatic heterocycles. The quantitative estimate of drug-likeness (QED) is 0.779. The fourth-order valence-corrected chi connectivity index (χ4v) is 3.24. The smallest absolute Gasteiger partial charge is 0.321 e. The number of aliphatic carboxylic acids is 1. The van der Waals surface area contributed by atoms with Crippen LogP contribution in [0.3, 0.4) is 0 Å². The first-order chi connectivity index (χ1) is 9.27. The highest BCUT2D eigenvalue weighted by atomic mass is 79.9. The van der Waals surface area contributed by atoms with E-state index in [4.69, 9.17) is 5.11 Å². The average Bonchev–Trinajstić information content (AvgIpc) is 2.37. The summed E-state index contributed by atoms with van der Waals surface area (Å²) in [6.07, 6.45) is 1.74. The van der Waals surface area contributed by atoms with Crippen LogP contribution in [0.5, 0.6) is 0 Å². The lowest BCUT2D eigenvalue weighted by molar-refractivity contribution is -0.139. The fraction of sp³-hybridized carbons (Fsp3) is 0.462. The number of carboxylic acid groups (broad SMARTS) is 1. The summed E-state index contributed by atoms with van der Waals surface area (Å²) in [5, 5.41) is 9.07. The molecule has 0 amide bonds. The van der Waals surface area contributed by atoms with Crippen molar-refractivity contribution >= 4 is 31.9 Å². The van der Waals surface area contributed by atoms with Crippen LogP contribution in [0.2, 0.25) is 0 Å². The monoisotopic (exact) mass is 363 g/mol. The van der Waals surface area contributed by atoms with Gasteiger partial charge in [-0.1, -0.05) is 35.7 Å². The number of nitrogens with one attached hydrogen (secondary N) is 1. The largest absolute Gasteiger partial charge is 0.480 e. The first-order valence-corrected chi connectivity index (χ1v) is 8.57. The van der Waals surface area contributed by atoms with Crippen molar-refractivity contribution in [3.05, 3.63) is 28.2 Å². The Morgan fingerprint density at radius 1 is 1.45 bits per heavy atom. The lowest BCUT2D eigenvalue weighted by Crippen LogP contribution is -2.40. The summed E-state index contributed by atoms with van der Waals surface area (Å²) in [4.78, 5) is 11.2. The molecular weight excluding hydrogens is 346 g/mol. The van der Waals surface area contributed by atoms with Gasteiger partial charge in [0.1, 0.15) is 6.04 Å². The molecule has 0 radical (unpaired) electrons. The Labute approximate surface area is 127 Å². The van der Waals surface area contributed by atoms with Gasteiger partial charge in [-0.15, -0.1) is 0 Å². The summed E-state index contributed by atoms with van der Waals surface area (Å²) in [5.41, 5.74) is 0.772. The van der Waals surface area contributed by atoms with Crippen LogP contribution in [0.1, 0.15) is 31.7 Å². The molecule has 0 saturated heterocycles. The summed E-state index contributed by atoms with van der Waals surface area (Å²) in [5.74, 6) is -1.16. The van der Waals surface area contributed by atoms with Gasteiger partial charge >= 0.3 is 5.97 Å². The summed E-state index contributed by atoms with van der Waals surface area (Å²) in [6.45, 7) is 3.69. The number of halogens is 1. The van der Waals surface area contributed by atoms with Crippen molar-refractivity contribution in [2.75, 3.05) is 0 Å². The number of benzene rings is 1. The van der Waals surface area contributed by atoms with Crippen LogP contribution in [0.4, 0.5) is 0 Å². The predicted molar refractivity (Wildman–Crippen MR) is 80.1 cm³/mol. The van der Waals surface area contributed by atoms with E-state index in [0.717, 1.165) is 16.5 Å². The summed E-state index contributed by atoms with van der Waals surface area (Å²) < 4.78 is 27.4. The second-order valence-electron chi connectivity index (χ2n) is 4.57. The Bertz CT molecular complexity index is 586. The van der Waals surface area contributed by atoms with E-state index in [2.05, 4.69) is 20.7 Å². The van der Waals surface area contributed by atoms with Gasteiger partial charge in [0.25, 0.3) is 0 Å². The molecule has 1 atom stereocenters. The summed E-state index contributed by atoms with van der Waals surface area (Å²) >= 11 is 3.30. The third-order valence-electron chi connectivity index (χ3n) is 2.88. The minimum Gasteiger partial charge on any atom is -0.480 e. The number of hydrogen-bond donors (Lipinski definition) is 2. The number of hydrogen-bond acceptors (Lipinski definition) is 3. The van der Waals surface area contributed by atoms with E-state index in [1.54, 1.807) is 13.0 Å². The maximum absolute atomic E-state index is 12.2. The molecule has 112 valence electrons. The van der Waals surface area contributed by atoms with Crippen molar-refractivity contribution < 1.29 is 18.3 Å². The minimum atomic E-state index is -3.83. The highest BCUT2D eigenvalue weighted by molar-refractivity contribution is 9.10. The molecule has 1 unspecified atom stereocenters. The predicted octanol–water partition coefficient (Wildman–Crippen LogP) is 2.68. The van der Waals surface area contributed by atoms with E-state index >= 15 is 0 Å². The lowest BCUT2D eigenvalue weighted by Gasteiger charge is -2.15. The lowest BCUT2D eigenvalue weighted by atomic mass is 10.1. The van der Waals surface area contributed by atoms with E-state index in [9.17, 15) is 13.2 Å². The van der Waals surface area contributed by atoms with E-state index in [0.29, 0.717) is 6.42 Å². The van der Waals surface area contributed by atoms with Crippen LogP contribution in [0.15, 0.2) is 27.6 Å². The maximum Gasteiger partial charge on any atom is 0.321 e. The third kappa shape index (κ3) is 4.57. The van der Waals surface area contributed by atoms with Crippen molar-refractivity contribution in [3.8, 4) is 0 Å². The number of carboxylic acids is 1. The Balaban J connectivity index is 2.97. The second-order valence-corrected chi connectivity index (χ2v) is 7.13. The maximum atomic E-state index is 12.2. The van der Waals surface area contributed by atoms with E-state index in [1.165, 1.54) is 12.1 Å². The highest BCUT2D eigenvalue weighted by Gasteiger charge is 2.25. The molecule has 0 aliphatic heterocycles. The van der Waals surface area contributed by atoms with Gasteiger partial charge in [0.15, 0.2) is 0 Å². The van der Waals surface area contributed by atoms with Crippen LogP contribution in [-0.2, 0) is 14.8 Å². The van der Waals surface area contributed by atoms with E-state index in [1.807, 2.05) is 6.92 Å². The van der Waals surface area contributed by atoms with Crippen LogP contribution < -0.4 is 4.72 Å². The Hall–Kier alpha value is -0.920. The van der Waals surface area contributed by atoms with Crippen molar-refractivity contribution in [2.24, 2.45) is 0 Å². The number of aryl methyl sites for hydroxylation is 1. The summed E-state index contributed by atoms with van der Waals surface area (Å²) in [6, 6.07) is 3.48. The first kappa shape index (κ1) is 17.1. The van der Waals surface area contributed by atoms with E-state index < -0.39 is 22.0 Å². The molecule has 1 aromatic carbocycles. The molecule has 0 bridgehead atoms. The zero-order valence-corrected chi connectivity index (χ0v) is 13.8. The average molecular weight is 364 g/mol. The number of sulfonamides is 1. The van der Waals surface area contributed by atoms with Crippen molar-refractivity contribution in [1.82, 2.24) is 4.72 Å². The molecule has 0 saturated carbocycles. The molecular formula is C13H18BrNO4S. The molecule has 1 aromatic rings. The van der Waals surface area contributed by atoms with Gasteiger partial charge in [-0.3, -0.25) is 4.79 Å². The van der Waals surface area contributed by atoms with Gasteiger partial charge in [0, 0.05) is 4.47 Å². The van der Waals surface area contributed by atoms with Gasteiger partial charge in [0.05, 0.1) is 4.90 Å². The molecule has 20 heavy (non-hydrogen) atoms. The zero-order chi connectivity index (χ0) is 15.3. The normalized spacial score (nSPS) is 13.2. The molecule has 0 heterocycles. The highest BCUT2D eigenvalue weighted by Crippen LogP contribution is 2.20. The summed E-state index contributed by atoms with van der Waals surface area (Å²) in [7, 11) is -3.83.